The van der Waals surface area contributed by atoms with Crippen molar-refractivity contribution in [2.45, 2.75) is 49.4 Å². The minimum Gasteiger partial charge on any atom is -0.508 e. The summed E-state index contributed by atoms with van der Waals surface area (Å²) < 4.78 is 96.5. The van der Waals surface area contributed by atoms with Crippen molar-refractivity contribution in [3.05, 3.63) is 65.5 Å². The number of phenolic OH excluding ortho intramolecular Hbond substituents is 1. The molecule has 0 saturated carbocycles. The monoisotopic (exact) mass is 693 g/mol. The lowest BCUT2D eigenvalue weighted by atomic mass is 9.86. The minimum absolute atomic E-state index is 0.0211. The normalized spacial score (nSPS) is 26.3. The third-order valence-corrected chi connectivity index (χ3v) is 10.9. The topological polar surface area (TPSA) is 73.8 Å². The van der Waals surface area contributed by atoms with E-state index in [2.05, 4.69) is 21.2 Å². The Labute approximate surface area is 283 Å². The number of hydrogen-bond acceptors (Lipinski definition) is 7. The maximum Gasteiger partial charge on any atom is 0.319 e. The number of nitrogens with zero attached hydrogens (tertiary/aromatic N) is 4. The molecular weight excluding hydrogens is 660 g/mol. The van der Waals surface area contributed by atoms with Crippen molar-refractivity contribution in [3.63, 3.8) is 0 Å². The fourth-order valence-corrected chi connectivity index (χ4v) is 8.67. The van der Waals surface area contributed by atoms with Crippen LogP contribution in [0.15, 0.2) is 42.5 Å². The van der Waals surface area contributed by atoms with Gasteiger partial charge in [-0.3, -0.25) is 4.90 Å². The van der Waals surface area contributed by atoms with E-state index >= 15 is 8.78 Å². The van der Waals surface area contributed by atoms with Crippen LogP contribution in [0.25, 0.3) is 32.8 Å². The van der Waals surface area contributed by atoms with Gasteiger partial charge in [-0.1, -0.05) is 12.0 Å². The smallest absolute Gasteiger partial charge is 0.319 e. The van der Waals surface area contributed by atoms with E-state index in [1.807, 2.05) is 4.90 Å². The molecule has 0 amide bonds. The lowest BCUT2D eigenvalue weighted by Gasteiger charge is -2.35. The fraction of sp³-hybridized carbons (Fsp3) is 0.405. The number of aromatic nitrogens is 2. The van der Waals surface area contributed by atoms with Crippen LogP contribution in [0.3, 0.4) is 0 Å². The third kappa shape index (κ3) is 5.40. The number of terminal acetylenes is 1. The van der Waals surface area contributed by atoms with Gasteiger partial charge in [-0.2, -0.15) is 18.7 Å². The molecule has 13 heteroatoms. The molecular formula is C37H33F6N5O2. The Bertz CT molecular complexity index is 2110. The number of rotatable bonds is 6. The third-order valence-electron chi connectivity index (χ3n) is 10.9. The number of phenols is 1. The highest BCUT2D eigenvalue weighted by atomic mass is 19.3. The van der Waals surface area contributed by atoms with Gasteiger partial charge in [-0.15, -0.1) is 6.42 Å². The van der Waals surface area contributed by atoms with E-state index in [0.717, 1.165) is 30.7 Å². The van der Waals surface area contributed by atoms with Crippen LogP contribution in [0.5, 0.6) is 11.8 Å². The average molecular weight is 694 g/mol. The van der Waals surface area contributed by atoms with Crippen molar-refractivity contribution in [2.75, 3.05) is 44.2 Å². The van der Waals surface area contributed by atoms with Crippen LogP contribution in [0.4, 0.5) is 32.2 Å². The molecule has 5 saturated heterocycles. The van der Waals surface area contributed by atoms with Crippen molar-refractivity contribution in [1.82, 2.24) is 20.2 Å². The molecule has 3 aromatic carbocycles. The Balaban J connectivity index is 1.32. The van der Waals surface area contributed by atoms with Crippen molar-refractivity contribution in [1.29, 1.82) is 0 Å². The number of piperidine rings is 1. The van der Waals surface area contributed by atoms with Crippen molar-refractivity contribution < 1.29 is 36.2 Å². The summed E-state index contributed by atoms with van der Waals surface area (Å²) in [6, 6.07) is 5.69. The second kappa shape index (κ2) is 12.1. The number of hydrogen-bond donors (Lipinski definition) is 2. The van der Waals surface area contributed by atoms with E-state index in [1.165, 1.54) is 12.1 Å². The quantitative estimate of drug-likeness (QED) is 0.169. The van der Waals surface area contributed by atoms with Crippen LogP contribution in [-0.2, 0) is 0 Å². The van der Waals surface area contributed by atoms with Gasteiger partial charge < -0.3 is 20.1 Å². The highest BCUT2D eigenvalue weighted by molar-refractivity contribution is 6.04. The van der Waals surface area contributed by atoms with Gasteiger partial charge in [-0.25, -0.2) is 17.6 Å². The highest BCUT2D eigenvalue weighted by Crippen LogP contribution is 2.44. The molecule has 5 fully saturated rings. The molecule has 7 nitrogen and oxygen atoms in total. The van der Waals surface area contributed by atoms with E-state index in [0.29, 0.717) is 38.9 Å². The van der Waals surface area contributed by atoms with Gasteiger partial charge in [0.1, 0.15) is 41.5 Å². The molecule has 50 heavy (non-hydrogen) atoms. The molecule has 5 aliphatic rings. The fourth-order valence-electron chi connectivity index (χ4n) is 8.67. The lowest BCUT2D eigenvalue weighted by molar-refractivity contribution is 0.107. The van der Waals surface area contributed by atoms with Crippen LogP contribution >= 0.6 is 0 Å². The maximum absolute atomic E-state index is 17.0. The molecule has 5 aliphatic heterocycles. The molecule has 4 aromatic rings. The minimum atomic E-state index is -1.85. The summed E-state index contributed by atoms with van der Waals surface area (Å²) in [5.74, 6) is -0.933. The number of aromatic hydroxyl groups is 1. The van der Waals surface area contributed by atoms with Crippen LogP contribution < -0.4 is 15.0 Å². The van der Waals surface area contributed by atoms with Gasteiger partial charge in [0.2, 0.25) is 0 Å². The van der Waals surface area contributed by atoms with Gasteiger partial charge >= 0.3 is 6.01 Å². The summed E-state index contributed by atoms with van der Waals surface area (Å²) in [4.78, 5) is 12.8. The summed E-state index contributed by atoms with van der Waals surface area (Å²) in [7, 11) is 0. The van der Waals surface area contributed by atoms with Crippen molar-refractivity contribution in [3.8, 4) is 35.2 Å². The van der Waals surface area contributed by atoms with E-state index in [4.69, 9.17) is 11.2 Å². The van der Waals surface area contributed by atoms with Gasteiger partial charge in [0, 0.05) is 55.0 Å². The van der Waals surface area contributed by atoms with E-state index in [-0.39, 0.29) is 82.4 Å². The van der Waals surface area contributed by atoms with Gasteiger partial charge in [-0.05, 0) is 67.8 Å². The first kappa shape index (κ1) is 32.7. The Kier molecular flexibility index (Phi) is 7.87. The van der Waals surface area contributed by atoms with Gasteiger partial charge in [0.15, 0.2) is 5.82 Å². The molecule has 2 N–H and O–H groups in total. The Morgan fingerprint density at radius 3 is 2.72 bits per heavy atom. The number of benzene rings is 3. The first-order chi connectivity index (χ1) is 24.0. The average Bonchev–Trinajstić information content (AvgIpc) is 3.46. The number of halogens is 6. The summed E-state index contributed by atoms with van der Waals surface area (Å²) >= 11 is 0. The molecule has 260 valence electrons. The van der Waals surface area contributed by atoms with Crippen LogP contribution in [0.1, 0.15) is 37.7 Å². The summed E-state index contributed by atoms with van der Waals surface area (Å²) in [5, 5.41) is 14.0. The first-order valence-corrected chi connectivity index (χ1v) is 16.7. The zero-order valence-corrected chi connectivity index (χ0v) is 26.9. The summed E-state index contributed by atoms with van der Waals surface area (Å²) in [5.41, 5.74) is -3.06. The first-order valence-electron chi connectivity index (χ1n) is 16.7. The number of ether oxygens (including phenoxy) is 1. The predicted molar refractivity (Wildman–Crippen MR) is 176 cm³/mol. The van der Waals surface area contributed by atoms with E-state index in [9.17, 15) is 22.7 Å². The second-order valence-corrected chi connectivity index (χ2v) is 14.1. The molecule has 0 aliphatic carbocycles. The largest absolute Gasteiger partial charge is 0.508 e. The van der Waals surface area contributed by atoms with Crippen LogP contribution in [0, 0.1) is 35.7 Å². The summed E-state index contributed by atoms with van der Waals surface area (Å²) in [6.45, 7) is 1.87. The molecule has 0 radical (unpaired) electrons. The molecule has 0 spiro atoms. The number of alkyl halides is 1. The zero-order valence-electron chi connectivity index (χ0n) is 26.9. The molecule has 4 atom stereocenters. The molecule has 2 bridgehead atoms. The Morgan fingerprint density at radius 2 is 1.96 bits per heavy atom. The summed E-state index contributed by atoms with van der Waals surface area (Å²) in [6.07, 6.45) is 6.54. The number of anilines is 1. The predicted octanol–water partition coefficient (Wildman–Crippen LogP) is 6.85. The molecule has 1 aromatic heterocycles. The van der Waals surface area contributed by atoms with Crippen LogP contribution in [0.2, 0.25) is 0 Å². The van der Waals surface area contributed by atoms with Gasteiger partial charge in [0.25, 0.3) is 6.08 Å². The van der Waals surface area contributed by atoms with Crippen molar-refractivity contribution >= 4 is 27.5 Å². The Hall–Kier alpha value is -4.54. The molecule has 9 rings (SSSR count). The van der Waals surface area contributed by atoms with E-state index in [1.54, 1.807) is 4.90 Å². The standard InChI is InChI=1S/C37H33F6N5O2/c1-2-24-27(39)5-4-21-10-23(49)11-25(30(21)24)31-28(40)12-26-33(32(31)43)45-35(50-19-37-7-3-9-48(37)17-22(38)13-37)46-34(26)47-16-20-6-8-36(18-47,44-15-20)14-29(41)42/h1,4-5,10-12,14,20,22,44,49H,3,6-9,13,15-19H2/t20-,22+,36-,37?/m0/s1. The second-order valence-electron chi connectivity index (χ2n) is 14.1. The number of nitrogens with one attached hydrogen (secondary N) is 1. The molecule has 6 heterocycles. The van der Waals surface area contributed by atoms with Gasteiger partial charge in [0.05, 0.1) is 22.2 Å². The Morgan fingerprint density at radius 1 is 1.12 bits per heavy atom. The zero-order chi connectivity index (χ0) is 34.9. The molecule has 1 unspecified atom stereocenters. The number of fused-ring (bicyclic) bond motifs is 7. The van der Waals surface area contributed by atoms with Crippen LogP contribution in [-0.4, -0.2) is 76.6 Å². The highest BCUT2D eigenvalue weighted by Gasteiger charge is 2.49. The van der Waals surface area contributed by atoms with Crippen molar-refractivity contribution in [2.24, 2.45) is 5.92 Å². The lowest BCUT2D eigenvalue weighted by Crippen LogP contribution is -2.52. The maximum atomic E-state index is 17.0. The SMILES string of the molecule is C#Cc1c(F)ccc2cc(O)cc(-c3c(F)cc4c(N5C[C@H]6CC[C@](C=C(F)F)(C5)NC6)nc(OCC56CCCN5C[C@H](F)C6)nc4c3F)c12. The van der Waals surface area contributed by atoms with E-state index < -0.39 is 46.3 Å².